The van der Waals surface area contributed by atoms with Gasteiger partial charge in [-0.3, -0.25) is 24.5 Å². The highest BCUT2D eigenvalue weighted by Gasteiger charge is 2.56. The molecule has 10 nitrogen and oxygen atoms in total. The molecule has 2 aliphatic heterocycles. The molecule has 2 heterocycles. The molecule has 2 amide bonds. The van der Waals surface area contributed by atoms with E-state index in [0.29, 0.717) is 5.56 Å². The molecule has 2 atom stereocenters. The third kappa shape index (κ3) is 3.10. The van der Waals surface area contributed by atoms with Gasteiger partial charge in [-0.15, -0.1) is 0 Å². The van der Waals surface area contributed by atoms with E-state index in [1.54, 1.807) is 6.07 Å². The van der Waals surface area contributed by atoms with Crippen molar-refractivity contribution < 1.29 is 28.9 Å². The highest BCUT2D eigenvalue weighted by atomic mass is 16.7. The second-order valence-corrected chi connectivity index (χ2v) is 6.39. The monoisotopic (exact) mass is 395 g/mol. The van der Waals surface area contributed by atoms with E-state index in [1.807, 2.05) is 0 Å². The molecule has 29 heavy (non-hydrogen) atoms. The SMILES string of the molecule is CC(=O)Oc1ccc(N2C(=O)[C@H]3C(c4cccc([N+](=O)[O-])c4)=NO[C@H]3C2=O)cc1. The summed E-state index contributed by atoms with van der Waals surface area (Å²) in [5.41, 5.74) is 0.617. The number of anilines is 1. The van der Waals surface area contributed by atoms with Crippen LogP contribution in [0.15, 0.2) is 53.7 Å². The highest BCUT2D eigenvalue weighted by molar-refractivity contribution is 6.32. The molecule has 0 saturated carbocycles. The van der Waals surface area contributed by atoms with E-state index < -0.39 is 34.7 Å². The molecule has 0 unspecified atom stereocenters. The number of imide groups is 1. The third-order valence-electron chi connectivity index (χ3n) is 4.52. The van der Waals surface area contributed by atoms with Crippen LogP contribution in [0, 0.1) is 16.0 Å². The number of ether oxygens (including phenoxy) is 1. The Labute approximate surface area is 163 Å². The van der Waals surface area contributed by atoms with Crippen molar-refractivity contribution in [3.05, 3.63) is 64.2 Å². The molecule has 2 aromatic carbocycles. The molecule has 0 aliphatic carbocycles. The van der Waals surface area contributed by atoms with Crippen LogP contribution < -0.4 is 9.64 Å². The zero-order valence-corrected chi connectivity index (χ0v) is 15.0. The van der Waals surface area contributed by atoms with E-state index in [1.165, 1.54) is 49.4 Å². The van der Waals surface area contributed by atoms with Gasteiger partial charge in [0.25, 0.3) is 11.6 Å². The van der Waals surface area contributed by atoms with Crippen LogP contribution in [0.1, 0.15) is 12.5 Å². The van der Waals surface area contributed by atoms with E-state index in [2.05, 4.69) is 5.16 Å². The maximum absolute atomic E-state index is 13.0. The first-order valence-corrected chi connectivity index (χ1v) is 8.51. The maximum atomic E-state index is 13.0. The van der Waals surface area contributed by atoms with Gasteiger partial charge in [-0.2, -0.15) is 0 Å². The average Bonchev–Trinajstić information content (AvgIpc) is 3.23. The molecule has 4 rings (SSSR count). The van der Waals surface area contributed by atoms with Crippen molar-refractivity contribution >= 4 is 34.9 Å². The van der Waals surface area contributed by atoms with Crippen molar-refractivity contribution in [3.8, 4) is 5.75 Å². The lowest BCUT2D eigenvalue weighted by molar-refractivity contribution is -0.384. The Kier molecular flexibility index (Phi) is 4.30. The highest BCUT2D eigenvalue weighted by Crippen LogP contribution is 2.36. The predicted molar refractivity (Wildman–Crippen MR) is 98.2 cm³/mol. The van der Waals surface area contributed by atoms with E-state index in [4.69, 9.17) is 9.57 Å². The number of nitro benzene ring substituents is 1. The molecule has 0 radical (unpaired) electrons. The van der Waals surface area contributed by atoms with Crippen LogP contribution in [0.25, 0.3) is 0 Å². The Morgan fingerprint density at radius 3 is 2.55 bits per heavy atom. The number of nitro groups is 1. The number of esters is 1. The predicted octanol–water partition coefficient (Wildman–Crippen LogP) is 1.81. The molecular formula is C19H13N3O7. The van der Waals surface area contributed by atoms with Crippen molar-refractivity contribution in [2.75, 3.05) is 4.90 Å². The maximum Gasteiger partial charge on any atom is 0.308 e. The number of benzene rings is 2. The van der Waals surface area contributed by atoms with Crippen LogP contribution in [0.2, 0.25) is 0 Å². The topological polar surface area (TPSA) is 128 Å². The molecule has 1 fully saturated rings. The molecule has 146 valence electrons. The summed E-state index contributed by atoms with van der Waals surface area (Å²) in [5, 5.41) is 14.9. The number of fused-ring (bicyclic) bond motifs is 1. The minimum Gasteiger partial charge on any atom is -0.427 e. The standard InChI is InChI=1S/C19H13N3O7/c1-10(23)28-14-7-5-12(6-8-14)21-18(24)15-16(20-29-17(15)19(21)25)11-3-2-4-13(9-11)22(26)27/h2-9,15,17H,1H3/t15-,17+/m0/s1. The number of nitrogens with zero attached hydrogens (tertiary/aromatic N) is 3. The van der Waals surface area contributed by atoms with Crippen molar-refractivity contribution in [1.82, 2.24) is 0 Å². The van der Waals surface area contributed by atoms with E-state index in [0.717, 1.165) is 4.90 Å². The van der Waals surface area contributed by atoms with Crippen LogP contribution in [0.3, 0.4) is 0 Å². The largest absolute Gasteiger partial charge is 0.427 e. The van der Waals surface area contributed by atoms with Gasteiger partial charge in [-0.25, -0.2) is 4.90 Å². The first-order chi connectivity index (χ1) is 13.9. The molecule has 1 saturated heterocycles. The molecule has 0 spiro atoms. The van der Waals surface area contributed by atoms with Crippen LogP contribution >= 0.6 is 0 Å². The van der Waals surface area contributed by atoms with Crippen molar-refractivity contribution in [1.29, 1.82) is 0 Å². The quantitative estimate of drug-likeness (QED) is 0.254. The summed E-state index contributed by atoms with van der Waals surface area (Å²) in [6.45, 7) is 1.26. The second kappa shape index (κ2) is 6.82. The third-order valence-corrected chi connectivity index (χ3v) is 4.52. The Balaban J connectivity index is 1.63. The molecule has 2 aromatic rings. The minimum atomic E-state index is -1.13. The molecule has 0 aromatic heterocycles. The summed E-state index contributed by atoms with van der Waals surface area (Å²) in [4.78, 5) is 53.3. The van der Waals surface area contributed by atoms with Crippen molar-refractivity contribution in [2.45, 2.75) is 13.0 Å². The number of hydrogen-bond donors (Lipinski definition) is 0. The van der Waals surface area contributed by atoms with Crippen LogP contribution in [-0.2, 0) is 19.2 Å². The van der Waals surface area contributed by atoms with Gasteiger partial charge in [0.2, 0.25) is 12.0 Å². The zero-order chi connectivity index (χ0) is 20.7. The summed E-state index contributed by atoms with van der Waals surface area (Å²) in [6.07, 6.45) is -1.13. The summed E-state index contributed by atoms with van der Waals surface area (Å²) >= 11 is 0. The fourth-order valence-electron chi connectivity index (χ4n) is 3.28. The summed E-state index contributed by atoms with van der Waals surface area (Å²) < 4.78 is 4.94. The molecule has 0 N–H and O–H groups in total. The fraction of sp³-hybridized carbons (Fsp3) is 0.158. The van der Waals surface area contributed by atoms with Crippen LogP contribution in [0.5, 0.6) is 5.75 Å². The number of carbonyl (C=O) groups is 3. The van der Waals surface area contributed by atoms with E-state index in [-0.39, 0.29) is 22.8 Å². The summed E-state index contributed by atoms with van der Waals surface area (Å²) in [6, 6.07) is 11.5. The number of hydrogen-bond acceptors (Lipinski definition) is 8. The lowest BCUT2D eigenvalue weighted by Crippen LogP contribution is -2.33. The number of amides is 2. The Morgan fingerprint density at radius 1 is 1.17 bits per heavy atom. The molecular weight excluding hydrogens is 382 g/mol. The van der Waals surface area contributed by atoms with Gasteiger partial charge in [0.05, 0.1) is 10.6 Å². The summed E-state index contributed by atoms with van der Waals surface area (Å²) in [5.74, 6) is -2.37. The minimum absolute atomic E-state index is 0.163. The van der Waals surface area contributed by atoms with Crippen LogP contribution in [-0.4, -0.2) is 34.5 Å². The van der Waals surface area contributed by atoms with Gasteiger partial charge in [0.15, 0.2) is 0 Å². The second-order valence-electron chi connectivity index (χ2n) is 6.39. The zero-order valence-electron chi connectivity index (χ0n) is 15.0. The smallest absolute Gasteiger partial charge is 0.308 e. The Hall–Kier alpha value is -4.08. The number of non-ortho nitro benzene ring substituents is 1. The van der Waals surface area contributed by atoms with Gasteiger partial charge in [0, 0.05) is 24.6 Å². The van der Waals surface area contributed by atoms with Gasteiger partial charge < -0.3 is 9.57 Å². The molecule has 10 heteroatoms. The Bertz CT molecular complexity index is 1080. The molecule has 2 aliphatic rings. The van der Waals surface area contributed by atoms with E-state index >= 15 is 0 Å². The lowest BCUT2D eigenvalue weighted by atomic mass is 9.94. The fourth-order valence-corrected chi connectivity index (χ4v) is 3.28. The molecule has 0 bridgehead atoms. The van der Waals surface area contributed by atoms with Gasteiger partial charge >= 0.3 is 5.97 Å². The van der Waals surface area contributed by atoms with Crippen LogP contribution in [0.4, 0.5) is 11.4 Å². The number of carbonyl (C=O) groups excluding carboxylic acids is 3. The lowest BCUT2D eigenvalue weighted by Gasteiger charge is -2.15. The number of rotatable bonds is 4. The normalized spacial score (nSPS) is 20.2. The van der Waals surface area contributed by atoms with Gasteiger partial charge in [-0.05, 0) is 24.3 Å². The first kappa shape index (κ1) is 18.3. The first-order valence-electron chi connectivity index (χ1n) is 8.51. The van der Waals surface area contributed by atoms with Gasteiger partial charge in [-0.1, -0.05) is 17.3 Å². The average molecular weight is 395 g/mol. The van der Waals surface area contributed by atoms with Crippen molar-refractivity contribution in [2.24, 2.45) is 11.1 Å². The van der Waals surface area contributed by atoms with E-state index in [9.17, 15) is 24.5 Å². The number of oxime groups is 1. The van der Waals surface area contributed by atoms with Gasteiger partial charge in [0.1, 0.15) is 17.4 Å². The van der Waals surface area contributed by atoms with Crippen molar-refractivity contribution in [3.63, 3.8) is 0 Å². The Morgan fingerprint density at radius 2 is 1.90 bits per heavy atom. The summed E-state index contributed by atoms with van der Waals surface area (Å²) in [7, 11) is 0.